The van der Waals surface area contributed by atoms with Crippen LogP contribution in [0.5, 0.6) is 5.75 Å². The minimum absolute atomic E-state index is 0.0217. The zero-order valence-electron chi connectivity index (χ0n) is 11.6. The molecule has 0 aromatic heterocycles. The second kappa shape index (κ2) is 6.20. The molecule has 2 aliphatic heterocycles. The van der Waals surface area contributed by atoms with Crippen molar-refractivity contribution in [2.45, 2.75) is 31.3 Å². The molecule has 21 heavy (non-hydrogen) atoms. The van der Waals surface area contributed by atoms with E-state index < -0.39 is 5.82 Å². The molecular weight excluding hydrogens is 295 g/mol. The zero-order chi connectivity index (χ0) is 14.8. The van der Waals surface area contributed by atoms with E-state index in [-0.39, 0.29) is 23.6 Å². The highest BCUT2D eigenvalue weighted by atomic mass is 35.5. The van der Waals surface area contributed by atoms with E-state index in [2.05, 4.69) is 5.32 Å². The molecule has 1 amide bonds. The lowest BCUT2D eigenvalue weighted by Crippen LogP contribution is -2.44. The summed E-state index contributed by atoms with van der Waals surface area (Å²) in [5.74, 6) is -0.103. The minimum atomic E-state index is -0.421. The van der Waals surface area contributed by atoms with Gasteiger partial charge < -0.3 is 15.0 Å². The third-order valence-corrected chi connectivity index (χ3v) is 4.48. The second-order valence-corrected chi connectivity index (χ2v) is 5.95. The van der Waals surface area contributed by atoms with Gasteiger partial charge in [-0.3, -0.25) is 4.79 Å². The highest BCUT2D eigenvalue weighted by molar-refractivity contribution is 6.32. The van der Waals surface area contributed by atoms with Gasteiger partial charge in [0, 0.05) is 18.6 Å². The van der Waals surface area contributed by atoms with Gasteiger partial charge in [-0.2, -0.15) is 0 Å². The molecule has 2 saturated heterocycles. The second-order valence-electron chi connectivity index (χ2n) is 5.54. The van der Waals surface area contributed by atoms with Crippen LogP contribution in [0.25, 0.3) is 0 Å². The van der Waals surface area contributed by atoms with E-state index in [0.717, 1.165) is 32.4 Å². The number of benzene rings is 1. The molecule has 1 aromatic carbocycles. The van der Waals surface area contributed by atoms with E-state index in [1.54, 1.807) is 0 Å². The van der Waals surface area contributed by atoms with Crippen molar-refractivity contribution in [3.05, 3.63) is 29.0 Å². The number of amides is 1. The van der Waals surface area contributed by atoms with Crippen molar-refractivity contribution in [2.24, 2.45) is 0 Å². The summed E-state index contributed by atoms with van der Waals surface area (Å²) in [6, 6.07) is 4.47. The van der Waals surface area contributed by atoms with Crippen molar-refractivity contribution < 1.29 is 13.9 Å². The number of rotatable bonds is 3. The Morgan fingerprint density at radius 1 is 1.38 bits per heavy atom. The molecule has 2 heterocycles. The summed E-state index contributed by atoms with van der Waals surface area (Å²) in [7, 11) is 0. The molecule has 0 saturated carbocycles. The van der Waals surface area contributed by atoms with Crippen LogP contribution in [0.1, 0.15) is 19.3 Å². The van der Waals surface area contributed by atoms with Gasteiger partial charge in [0.15, 0.2) is 6.61 Å². The van der Waals surface area contributed by atoms with Gasteiger partial charge in [-0.25, -0.2) is 4.39 Å². The van der Waals surface area contributed by atoms with Gasteiger partial charge in [0.05, 0.1) is 5.02 Å². The van der Waals surface area contributed by atoms with E-state index in [0.29, 0.717) is 11.8 Å². The van der Waals surface area contributed by atoms with Gasteiger partial charge >= 0.3 is 0 Å². The summed E-state index contributed by atoms with van der Waals surface area (Å²) in [4.78, 5) is 14.4. The standard InChI is InChI=1S/C15H18ClFN2O2/c16-13-7-10(17)1-4-14(13)21-9-15(20)19-11-2-3-12(19)8-18-6-5-11/h1,4,7,11-12,18H,2-3,5-6,8-9H2. The van der Waals surface area contributed by atoms with Crippen LogP contribution < -0.4 is 10.1 Å². The molecule has 2 unspecified atom stereocenters. The number of hydrogen-bond acceptors (Lipinski definition) is 3. The molecule has 4 nitrogen and oxygen atoms in total. The van der Waals surface area contributed by atoms with Gasteiger partial charge in [-0.1, -0.05) is 11.6 Å². The molecule has 2 aliphatic rings. The summed E-state index contributed by atoms with van der Waals surface area (Å²) < 4.78 is 18.4. The minimum Gasteiger partial charge on any atom is -0.482 e. The molecular formula is C15H18ClFN2O2. The Labute approximate surface area is 128 Å². The highest BCUT2D eigenvalue weighted by Gasteiger charge is 2.37. The first-order valence-corrected chi connectivity index (χ1v) is 7.62. The Balaban J connectivity index is 1.63. The van der Waals surface area contributed by atoms with Crippen LogP contribution in [0.15, 0.2) is 18.2 Å². The summed E-state index contributed by atoms with van der Waals surface area (Å²) in [5.41, 5.74) is 0. The Bertz CT molecular complexity index is 526. The number of ether oxygens (including phenoxy) is 1. The monoisotopic (exact) mass is 312 g/mol. The van der Waals surface area contributed by atoms with Crippen LogP contribution in [0.4, 0.5) is 4.39 Å². The average molecular weight is 313 g/mol. The molecule has 1 aromatic rings. The summed E-state index contributed by atoms with van der Waals surface area (Å²) in [6.45, 7) is 1.74. The first kappa shape index (κ1) is 14.6. The van der Waals surface area contributed by atoms with Crippen molar-refractivity contribution in [2.75, 3.05) is 19.7 Å². The Morgan fingerprint density at radius 3 is 3.00 bits per heavy atom. The summed E-state index contributed by atoms with van der Waals surface area (Å²) in [6.07, 6.45) is 3.09. The van der Waals surface area contributed by atoms with Crippen molar-refractivity contribution in [3.8, 4) is 5.75 Å². The fourth-order valence-electron chi connectivity index (χ4n) is 3.20. The average Bonchev–Trinajstić information content (AvgIpc) is 2.71. The fraction of sp³-hybridized carbons (Fsp3) is 0.533. The Hall–Kier alpha value is -1.33. The van der Waals surface area contributed by atoms with Crippen LogP contribution in [0, 0.1) is 5.82 Å². The van der Waals surface area contributed by atoms with Crippen LogP contribution in [-0.2, 0) is 4.79 Å². The van der Waals surface area contributed by atoms with Crippen LogP contribution in [0.2, 0.25) is 5.02 Å². The predicted molar refractivity (Wildman–Crippen MR) is 78.0 cm³/mol. The third-order valence-electron chi connectivity index (χ3n) is 4.19. The van der Waals surface area contributed by atoms with Crippen LogP contribution in [-0.4, -0.2) is 42.6 Å². The summed E-state index contributed by atoms with van der Waals surface area (Å²) >= 11 is 5.89. The highest BCUT2D eigenvalue weighted by Crippen LogP contribution is 2.29. The quantitative estimate of drug-likeness (QED) is 0.930. The smallest absolute Gasteiger partial charge is 0.261 e. The number of nitrogens with zero attached hydrogens (tertiary/aromatic N) is 1. The number of hydrogen-bond donors (Lipinski definition) is 1. The molecule has 0 radical (unpaired) electrons. The number of fused-ring (bicyclic) bond motifs is 2. The van der Waals surface area contributed by atoms with Gasteiger partial charge in [-0.15, -0.1) is 0 Å². The van der Waals surface area contributed by atoms with Crippen LogP contribution in [0.3, 0.4) is 0 Å². The van der Waals surface area contributed by atoms with E-state index in [1.165, 1.54) is 18.2 Å². The normalized spacial score (nSPS) is 24.8. The van der Waals surface area contributed by atoms with Gasteiger partial charge in [0.25, 0.3) is 5.91 Å². The van der Waals surface area contributed by atoms with Gasteiger partial charge in [0.1, 0.15) is 11.6 Å². The first-order chi connectivity index (χ1) is 10.1. The third kappa shape index (κ3) is 3.14. The van der Waals surface area contributed by atoms with Gasteiger partial charge in [-0.05, 0) is 44.0 Å². The lowest BCUT2D eigenvalue weighted by Gasteiger charge is -2.27. The lowest BCUT2D eigenvalue weighted by atomic mass is 10.1. The number of carbonyl (C=O) groups is 1. The summed E-state index contributed by atoms with van der Waals surface area (Å²) in [5, 5.41) is 3.54. The zero-order valence-corrected chi connectivity index (χ0v) is 12.4. The molecule has 2 atom stereocenters. The molecule has 114 valence electrons. The van der Waals surface area contributed by atoms with Crippen molar-refractivity contribution in [1.82, 2.24) is 10.2 Å². The predicted octanol–water partition coefficient (Wildman–Crippen LogP) is 2.21. The largest absolute Gasteiger partial charge is 0.482 e. The maximum absolute atomic E-state index is 13.0. The van der Waals surface area contributed by atoms with E-state index in [1.807, 2.05) is 4.90 Å². The van der Waals surface area contributed by atoms with Crippen LogP contribution >= 0.6 is 11.6 Å². The van der Waals surface area contributed by atoms with Crippen molar-refractivity contribution in [1.29, 1.82) is 0 Å². The molecule has 3 rings (SSSR count). The SMILES string of the molecule is O=C(COc1ccc(F)cc1Cl)N1C2CCNCC1CC2. The lowest BCUT2D eigenvalue weighted by molar-refractivity contribution is -0.135. The molecule has 0 aliphatic carbocycles. The molecule has 1 N–H and O–H groups in total. The topological polar surface area (TPSA) is 41.6 Å². The maximum atomic E-state index is 13.0. The van der Waals surface area contributed by atoms with E-state index in [9.17, 15) is 9.18 Å². The number of nitrogens with one attached hydrogen (secondary N) is 1. The molecule has 2 fully saturated rings. The maximum Gasteiger partial charge on any atom is 0.261 e. The molecule has 0 spiro atoms. The number of halogens is 2. The Morgan fingerprint density at radius 2 is 2.19 bits per heavy atom. The molecule has 6 heteroatoms. The fourth-order valence-corrected chi connectivity index (χ4v) is 3.42. The number of carbonyl (C=O) groups excluding carboxylic acids is 1. The van der Waals surface area contributed by atoms with E-state index in [4.69, 9.17) is 16.3 Å². The van der Waals surface area contributed by atoms with Crippen molar-refractivity contribution in [3.63, 3.8) is 0 Å². The molecule has 2 bridgehead atoms. The van der Waals surface area contributed by atoms with Gasteiger partial charge in [0.2, 0.25) is 0 Å². The Kier molecular flexibility index (Phi) is 4.31. The van der Waals surface area contributed by atoms with Crippen molar-refractivity contribution >= 4 is 17.5 Å². The first-order valence-electron chi connectivity index (χ1n) is 7.25. The van der Waals surface area contributed by atoms with E-state index >= 15 is 0 Å².